The summed E-state index contributed by atoms with van der Waals surface area (Å²) in [5, 5.41) is 2.94. The van der Waals surface area contributed by atoms with Gasteiger partial charge in [-0.2, -0.15) is 0 Å². The SMILES string of the molecule is Cl.O=C(Nc1ccc2c(c1)CCCC2)c1ccncc1. The van der Waals surface area contributed by atoms with Crippen LogP contribution in [0.1, 0.15) is 34.3 Å². The van der Waals surface area contributed by atoms with E-state index in [0.29, 0.717) is 5.56 Å². The summed E-state index contributed by atoms with van der Waals surface area (Å²) in [6.07, 6.45) is 8.05. The van der Waals surface area contributed by atoms with E-state index in [9.17, 15) is 4.79 Å². The molecule has 0 spiro atoms. The minimum Gasteiger partial charge on any atom is -0.322 e. The second-order valence-electron chi connectivity index (χ2n) is 4.88. The Hall–Kier alpha value is -1.87. The molecule has 0 aliphatic heterocycles. The highest BCUT2D eigenvalue weighted by Gasteiger charge is 2.11. The molecule has 4 heteroatoms. The van der Waals surface area contributed by atoms with E-state index >= 15 is 0 Å². The smallest absolute Gasteiger partial charge is 0.255 e. The van der Waals surface area contributed by atoms with Crippen molar-refractivity contribution in [1.82, 2.24) is 4.98 Å². The van der Waals surface area contributed by atoms with E-state index < -0.39 is 0 Å². The minimum atomic E-state index is -0.0850. The molecule has 1 aromatic carbocycles. The summed E-state index contributed by atoms with van der Waals surface area (Å²) in [6.45, 7) is 0. The van der Waals surface area contributed by atoms with Crippen LogP contribution in [0.5, 0.6) is 0 Å². The highest BCUT2D eigenvalue weighted by Crippen LogP contribution is 2.24. The highest BCUT2D eigenvalue weighted by molar-refractivity contribution is 6.04. The van der Waals surface area contributed by atoms with Gasteiger partial charge in [0, 0.05) is 23.6 Å². The zero-order valence-corrected chi connectivity index (χ0v) is 12.0. The van der Waals surface area contributed by atoms with Crippen LogP contribution < -0.4 is 5.32 Å². The molecule has 0 saturated carbocycles. The molecule has 3 nitrogen and oxygen atoms in total. The van der Waals surface area contributed by atoms with Gasteiger partial charge in [-0.15, -0.1) is 12.4 Å². The summed E-state index contributed by atoms with van der Waals surface area (Å²) in [7, 11) is 0. The molecule has 1 amide bonds. The Kier molecular flexibility index (Phi) is 4.74. The van der Waals surface area contributed by atoms with Gasteiger partial charge in [-0.25, -0.2) is 0 Å². The van der Waals surface area contributed by atoms with E-state index in [1.807, 2.05) is 6.07 Å². The Balaban J connectivity index is 0.00000147. The minimum absolute atomic E-state index is 0. The third-order valence-electron chi connectivity index (χ3n) is 3.55. The van der Waals surface area contributed by atoms with Crippen LogP contribution in [-0.4, -0.2) is 10.9 Å². The van der Waals surface area contributed by atoms with E-state index in [1.54, 1.807) is 24.5 Å². The van der Waals surface area contributed by atoms with Crippen LogP contribution >= 0.6 is 12.4 Å². The van der Waals surface area contributed by atoms with Gasteiger partial charge in [-0.3, -0.25) is 9.78 Å². The first-order valence-corrected chi connectivity index (χ1v) is 6.66. The predicted octanol–water partition coefficient (Wildman–Crippen LogP) is 3.63. The number of halogens is 1. The number of rotatable bonds is 2. The Morgan fingerprint density at radius 2 is 1.70 bits per heavy atom. The average Bonchev–Trinajstić information content (AvgIpc) is 2.48. The van der Waals surface area contributed by atoms with E-state index in [-0.39, 0.29) is 18.3 Å². The summed E-state index contributed by atoms with van der Waals surface area (Å²) in [6, 6.07) is 9.66. The summed E-state index contributed by atoms with van der Waals surface area (Å²) in [5.41, 5.74) is 4.31. The lowest BCUT2D eigenvalue weighted by Gasteiger charge is -2.16. The zero-order chi connectivity index (χ0) is 13.1. The number of hydrogen-bond acceptors (Lipinski definition) is 2. The fourth-order valence-electron chi connectivity index (χ4n) is 2.52. The van der Waals surface area contributed by atoms with Crippen molar-refractivity contribution in [3.63, 3.8) is 0 Å². The van der Waals surface area contributed by atoms with Crippen molar-refractivity contribution in [3.8, 4) is 0 Å². The molecule has 20 heavy (non-hydrogen) atoms. The number of nitrogens with one attached hydrogen (secondary N) is 1. The number of amides is 1. The van der Waals surface area contributed by atoms with E-state index in [1.165, 1.54) is 24.0 Å². The lowest BCUT2D eigenvalue weighted by Crippen LogP contribution is -2.12. The van der Waals surface area contributed by atoms with Gasteiger partial charge in [0.25, 0.3) is 5.91 Å². The maximum absolute atomic E-state index is 12.0. The quantitative estimate of drug-likeness (QED) is 0.917. The number of nitrogens with zero attached hydrogens (tertiary/aromatic N) is 1. The van der Waals surface area contributed by atoms with Crippen LogP contribution in [-0.2, 0) is 12.8 Å². The number of carbonyl (C=O) groups excluding carboxylic acids is 1. The Bertz CT molecular complexity index is 599. The molecule has 0 fully saturated rings. The molecular formula is C16H17ClN2O. The maximum Gasteiger partial charge on any atom is 0.255 e. The second kappa shape index (κ2) is 6.53. The molecular weight excluding hydrogens is 272 g/mol. The lowest BCUT2D eigenvalue weighted by atomic mass is 9.91. The van der Waals surface area contributed by atoms with Crippen molar-refractivity contribution in [2.75, 3.05) is 5.32 Å². The first-order valence-electron chi connectivity index (χ1n) is 6.66. The Morgan fingerprint density at radius 3 is 2.45 bits per heavy atom. The van der Waals surface area contributed by atoms with Gasteiger partial charge < -0.3 is 5.32 Å². The second-order valence-corrected chi connectivity index (χ2v) is 4.88. The molecule has 1 heterocycles. The summed E-state index contributed by atoms with van der Waals surface area (Å²) in [5.74, 6) is -0.0850. The van der Waals surface area contributed by atoms with Crippen LogP contribution in [0.25, 0.3) is 0 Å². The number of pyridine rings is 1. The molecule has 1 aromatic heterocycles. The number of anilines is 1. The van der Waals surface area contributed by atoms with E-state index in [2.05, 4.69) is 22.4 Å². The molecule has 1 N–H and O–H groups in total. The number of fused-ring (bicyclic) bond motifs is 1. The molecule has 3 rings (SSSR count). The molecule has 0 atom stereocenters. The molecule has 0 saturated heterocycles. The van der Waals surface area contributed by atoms with Gasteiger partial charge in [-0.05, 0) is 61.1 Å². The summed E-state index contributed by atoms with van der Waals surface area (Å²) in [4.78, 5) is 16.0. The third kappa shape index (κ3) is 3.17. The monoisotopic (exact) mass is 288 g/mol. The summed E-state index contributed by atoms with van der Waals surface area (Å²) >= 11 is 0. The van der Waals surface area contributed by atoms with E-state index in [4.69, 9.17) is 0 Å². The standard InChI is InChI=1S/C16H16N2O.ClH/c19-16(13-7-9-17-10-8-13)18-15-6-5-12-3-1-2-4-14(12)11-15;/h5-11H,1-4H2,(H,18,19);1H. The fourth-order valence-corrected chi connectivity index (χ4v) is 2.52. The third-order valence-corrected chi connectivity index (χ3v) is 3.55. The van der Waals surface area contributed by atoms with Gasteiger partial charge >= 0.3 is 0 Å². The van der Waals surface area contributed by atoms with Crippen LogP contribution in [0.2, 0.25) is 0 Å². The largest absolute Gasteiger partial charge is 0.322 e. The molecule has 0 radical (unpaired) electrons. The molecule has 1 aliphatic rings. The maximum atomic E-state index is 12.0. The van der Waals surface area contributed by atoms with Crippen LogP contribution in [0.3, 0.4) is 0 Å². The topological polar surface area (TPSA) is 42.0 Å². The van der Waals surface area contributed by atoms with Crippen molar-refractivity contribution < 1.29 is 4.79 Å². The molecule has 104 valence electrons. The highest BCUT2D eigenvalue weighted by atomic mass is 35.5. The first-order chi connectivity index (χ1) is 9.33. The van der Waals surface area contributed by atoms with Gasteiger partial charge in [0.2, 0.25) is 0 Å². The average molecular weight is 289 g/mol. The molecule has 0 unspecified atom stereocenters. The number of carbonyl (C=O) groups is 1. The van der Waals surface area contributed by atoms with Gasteiger partial charge in [0.05, 0.1) is 0 Å². The van der Waals surface area contributed by atoms with Crippen LogP contribution in [0, 0.1) is 0 Å². The molecule has 1 aliphatic carbocycles. The Labute approximate surface area is 124 Å². The normalized spacial score (nSPS) is 13.0. The number of aromatic nitrogens is 1. The van der Waals surface area contributed by atoms with Crippen LogP contribution in [0.15, 0.2) is 42.7 Å². The van der Waals surface area contributed by atoms with Crippen molar-refractivity contribution >= 4 is 24.0 Å². The molecule has 2 aromatic rings. The van der Waals surface area contributed by atoms with Gasteiger partial charge in [0.1, 0.15) is 0 Å². The van der Waals surface area contributed by atoms with E-state index in [0.717, 1.165) is 18.5 Å². The van der Waals surface area contributed by atoms with Gasteiger partial charge in [0.15, 0.2) is 0 Å². The van der Waals surface area contributed by atoms with Crippen molar-refractivity contribution in [2.24, 2.45) is 0 Å². The number of benzene rings is 1. The predicted molar refractivity (Wildman–Crippen MR) is 82.5 cm³/mol. The Morgan fingerprint density at radius 1 is 1.00 bits per heavy atom. The number of hydrogen-bond donors (Lipinski definition) is 1. The number of aryl methyl sites for hydroxylation is 2. The van der Waals surface area contributed by atoms with Gasteiger partial charge in [-0.1, -0.05) is 6.07 Å². The summed E-state index contributed by atoms with van der Waals surface area (Å²) < 4.78 is 0. The van der Waals surface area contributed by atoms with Crippen molar-refractivity contribution in [2.45, 2.75) is 25.7 Å². The lowest BCUT2D eigenvalue weighted by molar-refractivity contribution is 0.102. The molecule has 0 bridgehead atoms. The first kappa shape index (κ1) is 14.5. The van der Waals surface area contributed by atoms with Crippen molar-refractivity contribution in [1.29, 1.82) is 0 Å². The van der Waals surface area contributed by atoms with Crippen molar-refractivity contribution in [3.05, 3.63) is 59.4 Å². The van der Waals surface area contributed by atoms with Crippen LogP contribution in [0.4, 0.5) is 5.69 Å². The fraction of sp³-hybridized carbons (Fsp3) is 0.250. The zero-order valence-electron chi connectivity index (χ0n) is 11.1.